The number of ether oxygens (including phenoxy) is 1. The summed E-state index contributed by atoms with van der Waals surface area (Å²) in [5.41, 5.74) is 0.834. The van der Waals surface area contributed by atoms with Crippen LogP contribution in [0, 0.1) is 5.92 Å². The fourth-order valence-electron chi connectivity index (χ4n) is 3.67. The molecule has 20 heavy (non-hydrogen) atoms. The van der Waals surface area contributed by atoms with Gasteiger partial charge in [0.25, 0.3) is 0 Å². The summed E-state index contributed by atoms with van der Waals surface area (Å²) < 4.78 is 7.06. The van der Waals surface area contributed by atoms with Gasteiger partial charge in [-0.3, -0.25) is 4.79 Å². The van der Waals surface area contributed by atoms with Crippen molar-refractivity contribution >= 4 is 21.7 Å². The Balaban J connectivity index is 1.74. The van der Waals surface area contributed by atoms with Crippen molar-refractivity contribution in [1.29, 1.82) is 0 Å². The SMILES string of the molecule is O=C(c1cccc(Br)c1)C1CCOC2(CCCCC2)C1. The van der Waals surface area contributed by atoms with Crippen LogP contribution in [0.2, 0.25) is 0 Å². The molecule has 1 spiro atoms. The topological polar surface area (TPSA) is 26.3 Å². The molecule has 1 aromatic rings. The normalized spacial score (nSPS) is 25.6. The largest absolute Gasteiger partial charge is 0.375 e. The van der Waals surface area contributed by atoms with Gasteiger partial charge in [0.15, 0.2) is 5.78 Å². The third-order valence-corrected chi connectivity index (χ3v) is 5.23. The van der Waals surface area contributed by atoms with Gasteiger partial charge in [0.1, 0.15) is 0 Å². The zero-order valence-electron chi connectivity index (χ0n) is 11.7. The van der Waals surface area contributed by atoms with Gasteiger partial charge in [0.2, 0.25) is 0 Å². The molecule has 1 aliphatic heterocycles. The third-order valence-electron chi connectivity index (χ3n) is 4.74. The summed E-state index contributed by atoms with van der Waals surface area (Å²) in [5, 5.41) is 0. The average molecular weight is 337 g/mol. The van der Waals surface area contributed by atoms with Crippen LogP contribution in [0.4, 0.5) is 0 Å². The number of hydrogen-bond donors (Lipinski definition) is 0. The van der Waals surface area contributed by atoms with Gasteiger partial charge in [-0.05, 0) is 37.8 Å². The van der Waals surface area contributed by atoms with Crippen molar-refractivity contribution in [3.63, 3.8) is 0 Å². The standard InChI is InChI=1S/C17H21BrO2/c18-15-6-4-5-13(11-15)16(19)14-7-10-20-17(12-14)8-2-1-3-9-17/h4-6,11,14H,1-3,7-10,12H2. The Morgan fingerprint density at radius 2 is 2.05 bits per heavy atom. The molecular formula is C17H21BrO2. The minimum atomic E-state index is 0.00282. The maximum absolute atomic E-state index is 12.7. The van der Waals surface area contributed by atoms with Crippen molar-refractivity contribution in [1.82, 2.24) is 0 Å². The molecule has 0 amide bonds. The molecule has 2 fully saturated rings. The monoisotopic (exact) mass is 336 g/mol. The predicted octanol–water partition coefficient (Wildman–Crippen LogP) is 4.76. The highest BCUT2D eigenvalue weighted by Crippen LogP contribution is 2.41. The minimum Gasteiger partial charge on any atom is -0.375 e. The minimum absolute atomic E-state index is 0.00282. The van der Waals surface area contributed by atoms with Gasteiger partial charge in [-0.1, -0.05) is 47.3 Å². The van der Waals surface area contributed by atoms with E-state index in [9.17, 15) is 4.79 Å². The van der Waals surface area contributed by atoms with Crippen molar-refractivity contribution in [2.45, 2.75) is 50.5 Å². The zero-order valence-corrected chi connectivity index (χ0v) is 13.3. The molecule has 2 aliphatic rings. The van der Waals surface area contributed by atoms with E-state index in [-0.39, 0.29) is 11.5 Å². The van der Waals surface area contributed by atoms with E-state index in [0.717, 1.165) is 42.3 Å². The first-order valence-electron chi connectivity index (χ1n) is 7.62. The summed E-state index contributed by atoms with van der Waals surface area (Å²) >= 11 is 3.45. The van der Waals surface area contributed by atoms with Crippen LogP contribution in [0.25, 0.3) is 0 Å². The Labute approximate surface area is 129 Å². The van der Waals surface area contributed by atoms with Gasteiger partial charge < -0.3 is 4.74 Å². The van der Waals surface area contributed by atoms with Gasteiger partial charge in [-0.25, -0.2) is 0 Å². The molecule has 2 nitrogen and oxygen atoms in total. The molecule has 0 radical (unpaired) electrons. The van der Waals surface area contributed by atoms with Crippen molar-refractivity contribution < 1.29 is 9.53 Å². The van der Waals surface area contributed by atoms with Gasteiger partial charge in [0.05, 0.1) is 5.60 Å². The average Bonchev–Trinajstić information content (AvgIpc) is 2.47. The van der Waals surface area contributed by atoms with E-state index in [1.165, 1.54) is 19.3 Å². The second-order valence-electron chi connectivity index (χ2n) is 6.16. The molecule has 0 bridgehead atoms. The van der Waals surface area contributed by atoms with Gasteiger partial charge in [-0.15, -0.1) is 0 Å². The fraction of sp³-hybridized carbons (Fsp3) is 0.588. The highest BCUT2D eigenvalue weighted by molar-refractivity contribution is 9.10. The van der Waals surface area contributed by atoms with E-state index >= 15 is 0 Å². The molecule has 1 saturated heterocycles. The highest BCUT2D eigenvalue weighted by atomic mass is 79.9. The molecule has 1 aromatic carbocycles. The lowest BCUT2D eigenvalue weighted by Gasteiger charge is -2.43. The Bertz CT molecular complexity index is 486. The van der Waals surface area contributed by atoms with Crippen molar-refractivity contribution in [3.05, 3.63) is 34.3 Å². The van der Waals surface area contributed by atoms with Crippen LogP contribution in [-0.2, 0) is 4.74 Å². The predicted molar refractivity (Wildman–Crippen MR) is 83.0 cm³/mol. The fourth-order valence-corrected chi connectivity index (χ4v) is 4.07. The van der Waals surface area contributed by atoms with Crippen LogP contribution in [0.1, 0.15) is 55.3 Å². The van der Waals surface area contributed by atoms with Crippen molar-refractivity contribution in [2.75, 3.05) is 6.61 Å². The van der Waals surface area contributed by atoms with Crippen molar-refractivity contribution in [2.24, 2.45) is 5.92 Å². The van der Waals surface area contributed by atoms with E-state index in [1.54, 1.807) is 0 Å². The van der Waals surface area contributed by atoms with Gasteiger partial charge in [-0.2, -0.15) is 0 Å². The van der Waals surface area contributed by atoms with Crippen LogP contribution in [-0.4, -0.2) is 18.0 Å². The number of ketones is 1. The number of hydrogen-bond acceptors (Lipinski definition) is 2. The molecule has 108 valence electrons. The summed E-state index contributed by atoms with van der Waals surface area (Å²) in [6.45, 7) is 0.740. The first kappa shape index (κ1) is 14.3. The molecule has 0 N–H and O–H groups in total. The molecule has 1 saturated carbocycles. The summed E-state index contributed by atoms with van der Waals surface area (Å²) in [4.78, 5) is 12.7. The number of halogens is 1. The molecule has 1 unspecified atom stereocenters. The third kappa shape index (κ3) is 2.99. The van der Waals surface area contributed by atoms with E-state index in [2.05, 4.69) is 15.9 Å². The van der Waals surface area contributed by atoms with Crippen LogP contribution in [0.5, 0.6) is 0 Å². The summed E-state index contributed by atoms with van der Waals surface area (Å²) in [6.07, 6.45) is 7.86. The molecule has 3 heteroatoms. The van der Waals surface area contributed by atoms with Gasteiger partial charge in [0, 0.05) is 22.6 Å². The summed E-state index contributed by atoms with van der Waals surface area (Å²) in [6, 6.07) is 7.76. The van der Waals surface area contributed by atoms with Crippen LogP contribution in [0.3, 0.4) is 0 Å². The number of rotatable bonds is 2. The first-order chi connectivity index (χ1) is 9.69. The smallest absolute Gasteiger partial charge is 0.166 e. The number of carbonyl (C=O) groups is 1. The van der Waals surface area contributed by atoms with Crippen LogP contribution >= 0.6 is 15.9 Å². The molecule has 3 rings (SSSR count). The van der Waals surface area contributed by atoms with Crippen LogP contribution in [0.15, 0.2) is 28.7 Å². The summed E-state index contributed by atoms with van der Waals surface area (Å²) in [5.74, 6) is 0.427. The molecule has 0 aromatic heterocycles. The lowest BCUT2D eigenvalue weighted by atomic mass is 9.74. The van der Waals surface area contributed by atoms with Crippen LogP contribution < -0.4 is 0 Å². The molecule has 1 aliphatic carbocycles. The lowest BCUT2D eigenvalue weighted by Crippen LogP contribution is -2.43. The second kappa shape index (κ2) is 5.98. The summed E-state index contributed by atoms with van der Waals surface area (Å²) in [7, 11) is 0. The number of Topliss-reactive ketones (excluding diaryl/α,β-unsaturated/α-hetero) is 1. The molecule has 1 atom stereocenters. The quantitative estimate of drug-likeness (QED) is 0.727. The maximum Gasteiger partial charge on any atom is 0.166 e. The maximum atomic E-state index is 12.7. The zero-order chi connectivity index (χ0) is 14.0. The van der Waals surface area contributed by atoms with Crippen molar-refractivity contribution in [3.8, 4) is 0 Å². The number of carbonyl (C=O) groups excluding carboxylic acids is 1. The molecule has 1 heterocycles. The lowest BCUT2D eigenvalue weighted by molar-refractivity contribution is -0.111. The van der Waals surface area contributed by atoms with Gasteiger partial charge >= 0.3 is 0 Å². The Kier molecular flexibility index (Phi) is 4.27. The number of benzene rings is 1. The first-order valence-corrected chi connectivity index (χ1v) is 8.42. The second-order valence-corrected chi connectivity index (χ2v) is 7.07. The Hall–Kier alpha value is -0.670. The van der Waals surface area contributed by atoms with E-state index in [0.29, 0.717) is 5.78 Å². The van der Waals surface area contributed by atoms with E-state index in [4.69, 9.17) is 4.74 Å². The molecular weight excluding hydrogens is 316 g/mol. The Morgan fingerprint density at radius 1 is 1.25 bits per heavy atom. The highest BCUT2D eigenvalue weighted by Gasteiger charge is 2.40. The van der Waals surface area contributed by atoms with E-state index in [1.807, 2.05) is 24.3 Å². The van der Waals surface area contributed by atoms with E-state index < -0.39 is 0 Å². The Morgan fingerprint density at radius 3 is 2.80 bits per heavy atom.